The first-order valence-corrected chi connectivity index (χ1v) is 8.40. The molecule has 1 aromatic rings. The predicted molar refractivity (Wildman–Crippen MR) is 92.0 cm³/mol. The summed E-state index contributed by atoms with van der Waals surface area (Å²) < 4.78 is 29.7. The third-order valence-corrected chi connectivity index (χ3v) is 3.95. The quantitative estimate of drug-likeness (QED) is 0.767. The van der Waals surface area contributed by atoms with Gasteiger partial charge in [-0.2, -0.15) is 5.26 Å². The number of halogens is 1. The van der Waals surface area contributed by atoms with Crippen LogP contribution >= 0.6 is 0 Å². The molecule has 2 atom stereocenters. The zero-order valence-electron chi connectivity index (χ0n) is 15.0. The molecule has 27 heavy (non-hydrogen) atoms. The van der Waals surface area contributed by atoms with Crippen molar-refractivity contribution in [1.82, 2.24) is 0 Å². The second-order valence-corrected chi connectivity index (χ2v) is 5.61. The molecule has 2 rings (SSSR count). The lowest BCUT2D eigenvalue weighted by Crippen LogP contribution is -2.34. The topological polar surface area (TPSA) is 109 Å². The molecular formula is C19H19FN2O5. The van der Waals surface area contributed by atoms with E-state index in [1.165, 1.54) is 18.2 Å². The van der Waals surface area contributed by atoms with E-state index in [1.54, 1.807) is 19.9 Å². The number of rotatable bonds is 6. The van der Waals surface area contributed by atoms with Crippen molar-refractivity contribution in [2.24, 2.45) is 5.92 Å². The molecule has 7 nitrogen and oxygen atoms in total. The number of esters is 2. The Balaban J connectivity index is 2.66. The van der Waals surface area contributed by atoms with Crippen molar-refractivity contribution >= 4 is 17.8 Å². The fourth-order valence-corrected chi connectivity index (χ4v) is 2.86. The van der Waals surface area contributed by atoms with E-state index in [0.717, 1.165) is 0 Å². The highest BCUT2D eigenvalue weighted by atomic mass is 19.1. The SMILES string of the molecule is CCOC(=O)CC1=C(C(=O)OCC)C(c2ccccc2F)C(C#N)C(=N)O1. The van der Waals surface area contributed by atoms with Crippen LogP contribution in [0.5, 0.6) is 0 Å². The maximum absolute atomic E-state index is 14.5. The summed E-state index contributed by atoms with van der Waals surface area (Å²) in [5.74, 6) is -5.18. The Morgan fingerprint density at radius 3 is 2.52 bits per heavy atom. The highest BCUT2D eigenvalue weighted by molar-refractivity contribution is 5.97. The first-order valence-electron chi connectivity index (χ1n) is 8.40. The molecule has 0 amide bonds. The number of benzene rings is 1. The van der Waals surface area contributed by atoms with Gasteiger partial charge >= 0.3 is 11.9 Å². The number of nitrogens with one attached hydrogen (secondary N) is 1. The van der Waals surface area contributed by atoms with E-state index in [2.05, 4.69) is 0 Å². The first-order chi connectivity index (χ1) is 12.9. The molecule has 1 aliphatic heterocycles. The van der Waals surface area contributed by atoms with E-state index >= 15 is 0 Å². The molecule has 1 aliphatic rings. The number of nitriles is 1. The maximum atomic E-state index is 14.5. The molecule has 0 saturated carbocycles. The second kappa shape index (κ2) is 8.94. The summed E-state index contributed by atoms with van der Waals surface area (Å²) >= 11 is 0. The zero-order chi connectivity index (χ0) is 20.0. The van der Waals surface area contributed by atoms with Crippen LogP contribution in [0.25, 0.3) is 0 Å². The molecule has 8 heteroatoms. The van der Waals surface area contributed by atoms with Crippen molar-refractivity contribution in [3.8, 4) is 6.07 Å². The lowest BCUT2D eigenvalue weighted by Gasteiger charge is -2.31. The van der Waals surface area contributed by atoms with Crippen LogP contribution < -0.4 is 0 Å². The summed E-state index contributed by atoms with van der Waals surface area (Å²) in [6.07, 6.45) is -0.437. The minimum Gasteiger partial charge on any atom is -0.466 e. The average Bonchev–Trinajstić information content (AvgIpc) is 2.62. The Morgan fingerprint density at radius 1 is 1.26 bits per heavy atom. The molecule has 0 radical (unpaired) electrons. The fourth-order valence-electron chi connectivity index (χ4n) is 2.86. The first kappa shape index (κ1) is 20.1. The largest absolute Gasteiger partial charge is 0.466 e. The monoisotopic (exact) mass is 374 g/mol. The van der Waals surface area contributed by atoms with E-state index in [9.17, 15) is 19.2 Å². The number of hydrogen-bond donors (Lipinski definition) is 1. The molecule has 0 bridgehead atoms. The molecule has 2 unspecified atom stereocenters. The van der Waals surface area contributed by atoms with Gasteiger partial charge in [-0.3, -0.25) is 10.2 Å². The Hall–Kier alpha value is -3.21. The summed E-state index contributed by atoms with van der Waals surface area (Å²) in [6, 6.07) is 7.52. The molecule has 1 aromatic carbocycles. The molecule has 0 saturated heterocycles. The third kappa shape index (κ3) is 4.31. The molecule has 1 heterocycles. The van der Waals surface area contributed by atoms with Crippen molar-refractivity contribution in [3.63, 3.8) is 0 Å². The van der Waals surface area contributed by atoms with Gasteiger partial charge in [-0.1, -0.05) is 18.2 Å². The molecule has 142 valence electrons. The lowest BCUT2D eigenvalue weighted by molar-refractivity contribution is -0.142. The number of hydrogen-bond acceptors (Lipinski definition) is 7. The number of nitrogens with zero attached hydrogens (tertiary/aromatic N) is 1. The van der Waals surface area contributed by atoms with Crippen molar-refractivity contribution in [2.45, 2.75) is 26.2 Å². The van der Waals surface area contributed by atoms with Crippen LogP contribution in [0.4, 0.5) is 4.39 Å². The zero-order valence-corrected chi connectivity index (χ0v) is 15.0. The molecule has 1 N–H and O–H groups in total. The standard InChI is InChI=1S/C19H19FN2O5/c1-3-25-15(23)9-14-17(19(24)26-4-2)16(12(10-21)18(22)27-14)11-7-5-6-8-13(11)20/h5-8,12,16,22H,3-4,9H2,1-2H3. The van der Waals surface area contributed by atoms with Crippen molar-refractivity contribution in [3.05, 3.63) is 47.0 Å². The van der Waals surface area contributed by atoms with Gasteiger partial charge < -0.3 is 14.2 Å². The van der Waals surface area contributed by atoms with Gasteiger partial charge in [-0.15, -0.1) is 0 Å². The van der Waals surface area contributed by atoms with Crippen LogP contribution in [0, 0.1) is 28.5 Å². The minimum atomic E-state index is -1.24. The summed E-state index contributed by atoms with van der Waals surface area (Å²) in [5.41, 5.74) is -0.112. The van der Waals surface area contributed by atoms with Crippen LogP contribution in [-0.2, 0) is 23.8 Å². The van der Waals surface area contributed by atoms with Gasteiger partial charge in [0.1, 0.15) is 23.9 Å². The number of ether oxygens (including phenoxy) is 3. The highest BCUT2D eigenvalue weighted by Gasteiger charge is 2.43. The van der Waals surface area contributed by atoms with Crippen LogP contribution in [0.15, 0.2) is 35.6 Å². The predicted octanol–water partition coefficient (Wildman–Crippen LogP) is 2.83. The van der Waals surface area contributed by atoms with Gasteiger partial charge in [0, 0.05) is 5.92 Å². The van der Waals surface area contributed by atoms with Gasteiger partial charge in [-0.05, 0) is 25.5 Å². The molecule has 0 aromatic heterocycles. The van der Waals surface area contributed by atoms with Crippen molar-refractivity contribution in [2.75, 3.05) is 13.2 Å². The molecule has 0 spiro atoms. The van der Waals surface area contributed by atoms with E-state index in [0.29, 0.717) is 0 Å². The van der Waals surface area contributed by atoms with E-state index in [-0.39, 0.29) is 30.1 Å². The number of carbonyl (C=O) groups is 2. The van der Waals surface area contributed by atoms with E-state index < -0.39 is 41.9 Å². The Labute approximate surface area is 155 Å². The van der Waals surface area contributed by atoms with E-state index in [4.69, 9.17) is 19.6 Å². The summed E-state index contributed by atoms with van der Waals surface area (Å²) in [5, 5.41) is 17.5. The van der Waals surface area contributed by atoms with Crippen molar-refractivity contribution < 1.29 is 28.2 Å². The summed E-state index contributed by atoms with van der Waals surface area (Å²) in [6.45, 7) is 3.37. The fraction of sp³-hybridized carbons (Fsp3) is 0.368. The number of carbonyl (C=O) groups excluding carboxylic acids is 2. The second-order valence-electron chi connectivity index (χ2n) is 5.61. The Bertz CT molecular complexity index is 828. The minimum absolute atomic E-state index is 0.0354. The molecular weight excluding hydrogens is 355 g/mol. The summed E-state index contributed by atoms with van der Waals surface area (Å²) in [4.78, 5) is 24.5. The molecule has 0 aliphatic carbocycles. The maximum Gasteiger partial charge on any atom is 0.338 e. The van der Waals surface area contributed by atoms with Gasteiger partial charge in [0.15, 0.2) is 0 Å². The van der Waals surface area contributed by atoms with Gasteiger partial charge in [-0.25, -0.2) is 9.18 Å². The third-order valence-electron chi connectivity index (χ3n) is 3.95. The normalized spacial score (nSPS) is 19.1. The summed E-state index contributed by atoms with van der Waals surface area (Å²) in [7, 11) is 0. The van der Waals surface area contributed by atoms with Crippen LogP contribution in [-0.4, -0.2) is 31.1 Å². The smallest absolute Gasteiger partial charge is 0.338 e. The van der Waals surface area contributed by atoms with Gasteiger partial charge in [0.25, 0.3) is 0 Å². The highest BCUT2D eigenvalue weighted by Crippen LogP contribution is 2.41. The van der Waals surface area contributed by atoms with E-state index in [1.807, 2.05) is 6.07 Å². The van der Waals surface area contributed by atoms with Crippen molar-refractivity contribution in [1.29, 1.82) is 10.7 Å². The van der Waals surface area contributed by atoms with Gasteiger partial charge in [0.2, 0.25) is 5.90 Å². The Morgan fingerprint density at radius 2 is 1.93 bits per heavy atom. The van der Waals surface area contributed by atoms with Crippen LogP contribution in [0.3, 0.4) is 0 Å². The van der Waals surface area contributed by atoms with Gasteiger partial charge in [0.05, 0.1) is 24.9 Å². The average molecular weight is 374 g/mol. The lowest BCUT2D eigenvalue weighted by atomic mass is 9.78. The Kier molecular flexibility index (Phi) is 6.66. The van der Waals surface area contributed by atoms with Crippen LogP contribution in [0.1, 0.15) is 31.7 Å². The molecule has 0 fully saturated rings. The van der Waals surface area contributed by atoms with Crippen LogP contribution in [0.2, 0.25) is 0 Å².